The number of nitrogens with one attached hydrogen (secondary N) is 1. The second-order valence-electron chi connectivity index (χ2n) is 9.93. The van der Waals surface area contributed by atoms with Crippen molar-refractivity contribution < 1.29 is 9.53 Å². The maximum atomic E-state index is 12.7. The molecule has 0 spiro atoms. The van der Waals surface area contributed by atoms with E-state index in [2.05, 4.69) is 20.1 Å². The van der Waals surface area contributed by atoms with Gasteiger partial charge in [-0.05, 0) is 68.9 Å². The van der Waals surface area contributed by atoms with Crippen LogP contribution in [0.1, 0.15) is 29.2 Å². The number of fused-ring (bicyclic) bond motifs is 1. The van der Waals surface area contributed by atoms with Gasteiger partial charge in [-0.15, -0.1) is 0 Å². The lowest BCUT2D eigenvalue weighted by Gasteiger charge is -2.15. The van der Waals surface area contributed by atoms with E-state index in [4.69, 9.17) is 15.5 Å². The van der Waals surface area contributed by atoms with Gasteiger partial charge in [-0.1, -0.05) is 6.08 Å². The van der Waals surface area contributed by atoms with Crippen LogP contribution in [-0.2, 0) is 4.79 Å². The fourth-order valence-electron chi connectivity index (χ4n) is 4.75. The predicted molar refractivity (Wildman–Crippen MR) is 156 cm³/mol. The van der Waals surface area contributed by atoms with Gasteiger partial charge in [-0.25, -0.2) is 19.5 Å². The average Bonchev–Trinajstić information content (AvgIpc) is 3.70. The van der Waals surface area contributed by atoms with Crippen LogP contribution in [0.2, 0.25) is 0 Å². The van der Waals surface area contributed by atoms with Crippen molar-refractivity contribution in [3.05, 3.63) is 84.1 Å². The Morgan fingerprint density at radius 1 is 1.27 bits per heavy atom. The molecular weight excluding hydrogens is 506 g/mol. The molecule has 0 bridgehead atoms. The molecule has 40 heavy (non-hydrogen) atoms. The Hall–Kier alpha value is -4.77. The molecule has 1 aromatic carbocycles. The van der Waals surface area contributed by atoms with Crippen LogP contribution in [0.3, 0.4) is 0 Å². The van der Waals surface area contributed by atoms with E-state index < -0.39 is 0 Å². The number of pyridine rings is 1. The summed E-state index contributed by atoms with van der Waals surface area (Å²) >= 11 is 0. The van der Waals surface area contributed by atoms with Gasteiger partial charge in [-0.2, -0.15) is 5.10 Å². The SMILES string of the molecule is Cc1cc(N=C(N=CN)c2[nH]ccc2[C@H]2CCN(C(=O)/C=C/CN(C)C)C2)ccc1Oc1ccn2ncnc2c1. The third-order valence-electron chi connectivity index (χ3n) is 6.74. The number of benzene rings is 1. The molecule has 0 aliphatic carbocycles. The zero-order chi connectivity index (χ0) is 28.1. The highest BCUT2D eigenvalue weighted by atomic mass is 16.5. The average molecular weight is 540 g/mol. The highest BCUT2D eigenvalue weighted by Gasteiger charge is 2.29. The molecule has 0 saturated carbocycles. The number of likely N-dealkylation sites (tertiary alicyclic amines) is 1. The molecule has 1 aliphatic heterocycles. The zero-order valence-corrected chi connectivity index (χ0v) is 22.9. The van der Waals surface area contributed by atoms with Gasteiger partial charge in [0.2, 0.25) is 5.91 Å². The van der Waals surface area contributed by atoms with Crippen molar-refractivity contribution in [3.8, 4) is 11.5 Å². The molecule has 5 rings (SSSR count). The molecule has 1 aliphatic rings. The fourth-order valence-corrected chi connectivity index (χ4v) is 4.75. The third kappa shape index (κ3) is 6.10. The number of nitrogens with two attached hydrogens (primary N) is 1. The van der Waals surface area contributed by atoms with E-state index in [1.54, 1.807) is 16.8 Å². The summed E-state index contributed by atoms with van der Waals surface area (Å²) in [4.78, 5) is 33.2. The molecule has 0 unspecified atom stereocenters. The largest absolute Gasteiger partial charge is 0.457 e. The summed E-state index contributed by atoms with van der Waals surface area (Å²) in [5.41, 5.74) is 9.91. The van der Waals surface area contributed by atoms with E-state index in [0.717, 1.165) is 29.8 Å². The number of amidine groups is 1. The van der Waals surface area contributed by atoms with E-state index in [-0.39, 0.29) is 11.8 Å². The van der Waals surface area contributed by atoms with Crippen molar-refractivity contribution in [2.75, 3.05) is 33.7 Å². The Morgan fingerprint density at radius 2 is 2.15 bits per heavy atom. The van der Waals surface area contributed by atoms with Crippen LogP contribution < -0.4 is 10.5 Å². The van der Waals surface area contributed by atoms with E-state index in [0.29, 0.717) is 41.8 Å². The minimum Gasteiger partial charge on any atom is -0.457 e. The van der Waals surface area contributed by atoms with E-state index in [1.807, 2.05) is 79.5 Å². The lowest BCUT2D eigenvalue weighted by molar-refractivity contribution is -0.125. The molecule has 11 nitrogen and oxygen atoms in total. The summed E-state index contributed by atoms with van der Waals surface area (Å²) in [7, 11) is 3.95. The number of ether oxygens (including phenoxy) is 1. The first-order chi connectivity index (χ1) is 19.4. The second-order valence-corrected chi connectivity index (χ2v) is 9.93. The Labute approximate surface area is 232 Å². The zero-order valence-electron chi connectivity index (χ0n) is 22.9. The number of nitrogens with zero attached hydrogens (tertiary/aromatic N) is 7. The molecule has 1 saturated heterocycles. The molecule has 1 fully saturated rings. The summed E-state index contributed by atoms with van der Waals surface area (Å²) in [6, 6.07) is 11.4. The molecule has 11 heteroatoms. The van der Waals surface area contributed by atoms with Crippen LogP contribution >= 0.6 is 0 Å². The molecule has 206 valence electrons. The first-order valence-corrected chi connectivity index (χ1v) is 13.1. The number of amides is 1. The summed E-state index contributed by atoms with van der Waals surface area (Å²) in [6.07, 6.45) is 10.8. The minimum atomic E-state index is 0.0365. The van der Waals surface area contributed by atoms with Crippen LogP contribution in [0, 0.1) is 6.92 Å². The Morgan fingerprint density at radius 3 is 2.95 bits per heavy atom. The van der Waals surface area contributed by atoms with Crippen LogP contribution in [-0.4, -0.2) is 81.2 Å². The highest BCUT2D eigenvalue weighted by molar-refractivity contribution is 6.04. The number of aromatic nitrogens is 4. The molecule has 1 amide bonds. The number of H-pyrrole nitrogens is 1. The second kappa shape index (κ2) is 12.0. The normalized spacial score (nSPS) is 16.2. The number of aliphatic imine (C=N–C) groups is 2. The standard InChI is InChI=1S/C29H33N9O2/c1-20-15-22(6-7-25(20)40-23-10-14-38-26(16-23)33-19-34-38)35-29(32-18-30)28-24(8-11-31-28)21-9-13-37(17-21)27(39)5-4-12-36(2)3/h4-8,10-11,14-16,18-19,21,31H,9,12-13,17H2,1-3H3,(H2,30,32,35)/b5-4+/t21-/m0/s1. The van der Waals surface area contributed by atoms with Gasteiger partial charge in [0, 0.05) is 50.1 Å². The van der Waals surface area contributed by atoms with Gasteiger partial charge in [0.15, 0.2) is 11.5 Å². The number of hydrogen-bond acceptors (Lipinski definition) is 6. The van der Waals surface area contributed by atoms with Gasteiger partial charge in [0.25, 0.3) is 0 Å². The minimum absolute atomic E-state index is 0.0365. The van der Waals surface area contributed by atoms with Crippen molar-refractivity contribution in [1.82, 2.24) is 29.4 Å². The van der Waals surface area contributed by atoms with Crippen molar-refractivity contribution in [1.29, 1.82) is 0 Å². The van der Waals surface area contributed by atoms with Gasteiger partial charge < -0.3 is 25.3 Å². The smallest absolute Gasteiger partial charge is 0.246 e. The van der Waals surface area contributed by atoms with Crippen molar-refractivity contribution >= 4 is 29.4 Å². The first-order valence-electron chi connectivity index (χ1n) is 13.1. The van der Waals surface area contributed by atoms with Crippen LogP contribution in [0.15, 0.2) is 77.3 Å². The summed E-state index contributed by atoms with van der Waals surface area (Å²) in [5, 5.41) is 4.11. The highest BCUT2D eigenvalue weighted by Crippen LogP contribution is 2.32. The van der Waals surface area contributed by atoms with Crippen molar-refractivity contribution in [2.24, 2.45) is 15.7 Å². The number of carbonyl (C=O) groups is 1. The van der Waals surface area contributed by atoms with Crippen LogP contribution in [0.5, 0.6) is 11.5 Å². The number of aromatic amines is 1. The van der Waals surface area contributed by atoms with Crippen molar-refractivity contribution in [3.63, 3.8) is 0 Å². The molecular formula is C29H33N9O2. The molecule has 0 radical (unpaired) electrons. The molecule has 1 atom stereocenters. The van der Waals surface area contributed by atoms with E-state index >= 15 is 0 Å². The van der Waals surface area contributed by atoms with Crippen LogP contribution in [0.25, 0.3) is 5.65 Å². The number of hydrogen-bond donors (Lipinski definition) is 2. The number of carbonyl (C=O) groups excluding carboxylic acids is 1. The topological polar surface area (TPSA) is 130 Å². The quantitative estimate of drug-likeness (QED) is 0.200. The molecule has 3 aromatic heterocycles. The molecule has 3 N–H and O–H groups in total. The summed E-state index contributed by atoms with van der Waals surface area (Å²) in [5.74, 6) is 2.06. The van der Waals surface area contributed by atoms with Gasteiger partial charge >= 0.3 is 0 Å². The van der Waals surface area contributed by atoms with Crippen molar-refractivity contribution in [2.45, 2.75) is 19.3 Å². The monoisotopic (exact) mass is 539 g/mol. The Balaban J connectivity index is 1.33. The van der Waals surface area contributed by atoms with Crippen LogP contribution in [0.4, 0.5) is 5.69 Å². The van der Waals surface area contributed by atoms with E-state index in [1.165, 1.54) is 12.7 Å². The first kappa shape index (κ1) is 26.8. The summed E-state index contributed by atoms with van der Waals surface area (Å²) in [6.45, 7) is 4.04. The third-order valence-corrected chi connectivity index (χ3v) is 6.74. The lowest BCUT2D eigenvalue weighted by atomic mass is 9.98. The van der Waals surface area contributed by atoms with E-state index in [9.17, 15) is 4.79 Å². The predicted octanol–water partition coefficient (Wildman–Crippen LogP) is 3.66. The fraction of sp³-hybridized carbons (Fsp3) is 0.276. The number of rotatable bonds is 8. The summed E-state index contributed by atoms with van der Waals surface area (Å²) < 4.78 is 7.77. The van der Waals surface area contributed by atoms with Gasteiger partial charge in [-0.3, -0.25) is 4.79 Å². The maximum Gasteiger partial charge on any atom is 0.246 e. The maximum absolute atomic E-state index is 12.7. The number of likely N-dealkylation sites (N-methyl/N-ethyl adjacent to an activating group) is 1. The Kier molecular flexibility index (Phi) is 8.02. The number of aryl methyl sites for hydroxylation is 1. The Bertz CT molecular complexity index is 1580. The molecule has 4 aromatic rings. The lowest BCUT2D eigenvalue weighted by Crippen LogP contribution is -2.27. The van der Waals surface area contributed by atoms with Gasteiger partial charge in [0.1, 0.15) is 17.8 Å². The molecule has 4 heterocycles. The van der Waals surface area contributed by atoms with Gasteiger partial charge in [0.05, 0.1) is 17.7 Å².